The van der Waals surface area contributed by atoms with Crippen LogP contribution in [0.2, 0.25) is 0 Å². The van der Waals surface area contributed by atoms with E-state index in [1.807, 2.05) is 36.2 Å². The topological polar surface area (TPSA) is 88.4 Å². The molecule has 7 nitrogen and oxygen atoms in total. The quantitative estimate of drug-likeness (QED) is 0.412. The summed E-state index contributed by atoms with van der Waals surface area (Å²) in [6, 6.07) is 14.2. The highest BCUT2D eigenvalue weighted by Gasteiger charge is 2.13. The zero-order valence-corrected chi connectivity index (χ0v) is 17.4. The van der Waals surface area contributed by atoms with Gasteiger partial charge in [0.15, 0.2) is 5.13 Å². The van der Waals surface area contributed by atoms with Crippen LogP contribution in [-0.4, -0.2) is 34.3 Å². The summed E-state index contributed by atoms with van der Waals surface area (Å²) in [5.74, 6) is -0.167. The molecule has 28 heavy (non-hydrogen) atoms. The maximum absolute atomic E-state index is 12.3. The second-order valence-electron chi connectivity index (χ2n) is 6.19. The molecule has 0 bridgehead atoms. The lowest BCUT2D eigenvalue weighted by atomic mass is 10.1. The van der Waals surface area contributed by atoms with Crippen molar-refractivity contribution in [2.24, 2.45) is 0 Å². The molecule has 2 aromatic carbocycles. The summed E-state index contributed by atoms with van der Waals surface area (Å²) < 4.78 is 1.01. The van der Waals surface area contributed by atoms with Crippen LogP contribution in [0.3, 0.4) is 0 Å². The molecule has 144 valence electrons. The van der Waals surface area contributed by atoms with E-state index in [2.05, 4.69) is 26.2 Å². The first-order valence-corrected chi connectivity index (χ1v) is 10.0. The molecular weight excluding hydrogens is 444 g/mol. The van der Waals surface area contributed by atoms with E-state index < -0.39 is 4.92 Å². The first-order valence-electron chi connectivity index (χ1n) is 8.34. The number of nitrogens with zero attached hydrogens (tertiary/aromatic N) is 3. The number of benzene rings is 2. The van der Waals surface area contributed by atoms with E-state index in [0.29, 0.717) is 22.9 Å². The number of carbonyl (C=O) groups is 1. The third kappa shape index (κ3) is 5.44. The van der Waals surface area contributed by atoms with Crippen LogP contribution >= 0.6 is 27.3 Å². The van der Waals surface area contributed by atoms with Crippen molar-refractivity contribution >= 4 is 44.0 Å². The number of amides is 1. The van der Waals surface area contributed by atoms with Gasteiger partial charge in [0, 0.05) is 34.1 Å². The number of likely N-dealkylation sites (N-methyl/N-ethyl adjacent to an activating group) is 1. The Morgan fingerprint density at radius 3 is 2.75 bits per heavy atom. The van der Waals surface area contributed by atoms with Gasteiger partial charge in [-0.2, -0.15) is 0 Å². The molecule has 0 radical (unpaired) electrons. The third-order valence-electron chi connectivity index (χ3n) is 3.88. The molecule has 0 unspecified atom stereocenters. The van der Waals surface area contributed by atoms with Crippen LogP contribution in [-0.2, 0) is 11.3 Å². The molecule has 0 fully saturated rings. The molecule has 1 heterocycles. The number of thiazole rings is 1. The van der Waals surface area contributed by atoms with Gasteiger partial charge in [0.05, 0.1) is 17.2 Å². The van der Waals surface area contributed by atoms with Gasteiger partial charge in [-0.05, 0) is 24.7 Å². The Kier molecular flexibility index (Phi) is 6.50. The second kappa shape index (κ2) is 9.05. The largest absolute Gasteiger partial charge is 0.301 e. The highest BCUT2D eigenvalue weighted by atomic mass is 79.9. The van der Waals surface area contributed by atoms with Crippen molar-refractivity contribution in [3.8, 4) is 11.3 Å². The van der Waals surface area contributed by atoms with Crippen molar-refractivity contribution in [2.45, 2.75) is 6.54 Å². The number of nitro benzene ring substituents is 1. The standard InChI is InChI=1S/C19H17BrN4O3S/c1-23(10-13-5-7-15(20)8-6-13)11-18(25)22-19-21-17(12-28-19)14-3-2-4-16(9-14)24(26)27/h2-9,12H,10-11H2,1H3,(H,21,22,25). The average molecular weight is 461 g/mol. The number of nitro groups is 1. The lowest BCUT2D eigenvalue weighted by Gasteiger charge is -2.15. The Hall–Kier alpha value is -2.62. The van der Waals surface area contributed by atoms with Gasteiger partial charge in [0.1, 0.15) is 0 Å². The maximum atomic E-state index is 12.3. The SMILES string of the molecule is CN(CC(=O)Nc1nc(-c2cccc([N+](=O)[O-])c2)cs1)Cc1ccc(Br)cc1. The van der Waals surface area contributed by atoms with Crippen molar-refractivity contribution in [1.82, 2.24) is 9.88 Å². The van der Waals surface area contributed by atoms with Crippen molar-refractivity contribution in [3.63, 3.8) is 0 Å². The van der Waals surface area contributed by atoms with Gasteiger partial charge in [-0.3, -0.25) is 19.8 Å². The lowest BCUT2D eigenvalue weighted by Crippen LogP contribution is -2.29. The van der Waals surface area contributed by atoms with Crippen molar-refractivity contribution < 1.29 is 9.72 Å². The number of hydrogen-bond acceptors (Lipinski definition) is 6. The van der Waals surface area contributed by atoms with E-state index in [4.69, 9.17) is 0 Å². The van der Waals surface area contributed by atoms with Gasteiger partial charge in [0.2, 0.25) is 5.91 Å². The van der Waals surface area contributed by atoms with Crippen LogP contribution in [0.25, 0.3) is 11.3 Å². The second-order valence-corrected chi connectivity index (χ2v) is 7.97. The van der Waals surface area contributed by atoms with Gasteiger partial charge in [-0.15, -0.1) is 11.3 Å². The van der Waals surface area contributed by atoms with E-state index in [9.17, 15) is 14.9 Å². The third-order valence-corrected chi connectivity index (χ3v) is 5.17. The van der Waals surface area contributed by atoms with Gasteiger partial charge in [-0.25, -0.2) is 4.98 Å². The van der Waals surface area contributed by atoms with Crippen LogP contribution in [0, 0.1) is 10.1 Å². The molecule has 9 heteroatoms. The summed E-state index contributed by atoms with van der Waals surface area (Å²) in [7, 11) is 1.87. The Bertz CT molecular complexity index is 991. The fraction of sp³-hybridized carbons (Fsp3) is 0.158. The predicted octanol–water partition coefficient (Wildman–Crippen LogP) is 4.55. The van der Waals surface area contributed by atoms with E-state index in [1.54, 1.807) is 17.5 Å². The van der Waals surface area contributed by atoms with Crippen molar-refractivity contribution in [3.05, 3.63) is 74.1 Å². The molecule has 0 aliphatic rings. The number of rotatable bonds is 7. The van der Waals surface area contributed by atoms with E-state index >= 15 is 0 Å². The van der Waals surface area contributed by atoms with Crippen molar-refractivity contribution in [1.29, 1.82) is 0 Å². The monoisotopic (exact) mass is 460 g/mol. The molecule has 0 aliphatic heterocycles. The normalized spacial score (nSPS) is 10.8. The summed E-state index contributed by atoms with van der Waals surface area (Å²) in [6.07, 6.45) is 0. The average Bonchev–Trinajstić information content (AvgIpc) is 3.12. The fourth-order valence-electron chi connectivity index (χ4n) is 2.60. The van der Waals surface area contributed by atoms with Gasteiger partial charge >= 0.3 is 0 Å². The Balaban J connectivity index is 1.58. The van der Waals surface area contributed by atoms with Crippen LogP contribution in [0.1, 0.15) is 5.56 Å². The van der Waals surface area contributed by atoms with Gasteiger partial charge < -0.3 is 5.32 Å². The Morgan fingerprint density at radius 2 is 2.04 bits per heavy atom. The smallest absolute Gasteiger partial charge is 0.270 e. The number of non-ortho nitro benzene ring substituents is 1. The molecule has 1 amide bonds. The highest BCUT2D eigenvalue weighted by molar-refractivity contribution is 9.10. The molecule has 1 aromatic heterocycles. The summed E-state index contributed by atoms with van der Waals surface area (Å²) in [5, 5.41) is 15.9. The van der Waals surface area contributed by atoms with Crippen LogP contribution in [0.4, 0.5) is 10.8 Å². The molecule has 0 saturated carbocycles. The minimum absolute atomic E-state index is 0.00523. The summed E-state index contributed by atoms with van der Waals surface area (Å²) in [4.78, 5) is 29.0. The molecule has 3 aromatic rings. The number of aromatic nitrogens is 1. The van der Waals surface area contributed by atoms with Crippen LogP contribution in [0.5, 0.6) is 0 Å². The first kappa shape index (κ1) is 20.1. The van der Waals surface area contributed by atoms with Crippen LogP contribution in [0.15, 0.2) is 58.4 Å². The highest BCUT2D eigenvalue weighted by Crippen LogP contribution is 2.27. The van der Waals surface area contributed by atoms with Crippen molar-refractivity contribution in [2.75, 3.05) is 18.9 Å². The number of nitrogens with one attached hydrogen (secondary N) is 1. The molecule has 3 rings (SSSR count). The zero-order valence-electron chi connectivity index (χ0n) is 15.0. The number of halogens is 1. The van der Waals surface area contributed by atoms with E-state index in [0.717, 1.165) is 10.0 Å². The minimum Gasteiger partial charge on any atom is -0.301 e. The number of carbonyl (C=O) groups excluding carboxylic acids is 1. The summed E-state index contributed by atoms with van der Waals surface area (Å²) >= 11 is 4.68. The minimum atomic E-state index is -0.445. The maximum Gasteiger partial charge on any atom is 0.270 e. The summed E-state index contributed by atoms with van der Waals surface area (Å²) in [5.41, 5.74) is 2.34. The predicted molar refractivity (Wildman–Crippen MR) is 113 cm³/mol. The molecule has 0 aliphatic carbocycles. The lowest BCUT2D eigenvalue weighted by molar-refractivity contribution is -0.384. The van der Waals surface area contributed by atoms with Crippen LogP contribution < -0.4 is 5.32 Å². The molecule has 0 saturated heterocycles. The summed E-state index contributed by atoms with van der Waals surface area (Å²) in [6.45, 7) is 0.874. The van der Waals surface area contributed by atoms with E-state index in [1.165, 1.54) is 23.5 Å². The Morgan fingerprint density at radius 1 is 1.29 bits per heavy atom. The Labute approximate surface area is 174 Å². The fourth-order valence-corrected chi connectivity index (χ4v) is 3.60. The molecule has 0 atom stereocenters. The van der Waals surface area contributed by atoms with Gasteiger partial charge in [-0.1, -0.05) is 40.2 Å². The van der Waals surface area contributed by atoms with Gasteiger partial charge in [0.25, 0.3) is 5.69 Å². The molecule has 0 spiro atoms. The first-order chi connectivity index (χ1) is 13.4. The number of anilines is 1. The van der Waals surface area contributed by atoms with E-state index in [-0.39, 0.29) is 18.1 Å². The zero-order chi connectivity index (χ0) is 20.1. The molecule has 1 N–H and O–H groups in total. The number of hydrogen-bond donors (Lipinski definition) is 1. The molecular formula is C19H17BrN4O3S.